The molecule has 0 saturated carbocycles. The molecule has 0 radical (unpaired) electrons. The SMILES string of the molecule is C=C1/C=C\C=C/CC(c2ccccc2)(c2cccc3c2oc2ccccc23)c2cc(-c3ccc(N(c4ccc(-c5ccccc5)cc4)c4ccc5c(c4)sc4ccccc45)cc3)ccc21. The Kier molecular flexibility index (Phi) is 9.51. The summed E-state index contributed by atoms with van der Waals surface area (Å²) in [6.45, 7) is 4.64. The molecule has 0 amide bonds. The molecular weight excluding hydrogens is 807 g/mol. The summed E-state index contributed by atoms with van der Waals surface area (Å²) in [4.78, 5) is 2.38. The fourth-order valence-corrected chi connectivity index (χ4v) is 11.2. The summed E-state index contributed by atoms with van der Waals surface area (Å²) >= 11 is 1.85. The van der Waals surface area contributed by atoms with Gasteiger partial charge in [0.05, 0.1) is 5.41 Å². The second kappa shape index (κ2) is 16.0. The molecule has 0 bridgehead atoms. The number of anilines is 3. The van der Waals surface area contributed by atoms with Crippen LogP contribution in [-0.2, 0) is 5.41 Å². The van der Waals surface area contributed by atoms with Crippen molar-refractivity contribution < 1.29 is 4.42 Å². The monoisotopic (exact) mass is 849 g/mol. The lowest BCUT2D eigenvalue weighted by Gasteiger charge is -2.37. The number of hydrogen-bond acceptors (Lipinski definition) is 3. The molecule has 2 aromatic heterocycles. The van der Waals surface area contributed by atoms with E-state index in [1.54, 1.807) is 0 Å². The summed E-state index contributed by atoms with van der Waals surface area (Å²) in [6.07, 6.45) is 9.42. The molecule has 65 heavy (non-hydrogen) atoms. The first-order valence-corrected chi connectivity index (χ1v) is 23.0. The van der Waals surface area contributed by atoms with Crippen molar-refractivity contribution in [3.8, 4) is 22.3 Å². The molecule has 0 fully saturated rings. The molecule has 2 nitrogen and oxygen atoms in total. The summed E-state index contributed by atoms with van der Waals surface area (Å²) in [5, 5.41) is 4.83. The second-order valence-electron chi connectivity index (χ2n) is 16.9. The molecule has 0 aliphatic heterocycles. The third kappa shape index (κ3) is 6.63. The summed E-state index contributed by atoms with van der Waals surface area (Å²) in [5.74, 6) is 0. The van der Waals surface area contributed by atoms with Gasteiger partial charge in [-0.25, -0.2) is 0 Å². The van der Waals surface area contributed by atoms with E-state index in [0.29, 0.717) is 0 Å². The van der Waals surface area contributed by atoms with Crippen LogP contribution in [0.3, 0.4) is 0 Å². The zero-order valence-electron chi connectivity index (χ0n) is 35.7. The molecule has 1 unspecified atom stereocenters. The minimum Gasteiger partial charge on any atom is -0.456 e. The highest BCUT2D eigenvalue weighted by atomic mass is 32.1. The average Bonchev–Trinajstić information content (AvgIpc) is 3.96. The van der Waals surface area contributed by atoms with Crippen LogP contribution in [0.1, 0.15) is 28.7 Å². The third-order valence-corrected chi connectivity index (χ3v) is 14.4. The van der Waals surface area contributed by atoms with Crippen LogP contribution in [0, 0.1) is 0 Å². The van der Waals surface area contributed by atoms with Gasteiger partial charge in [0.1, 0.15) is 11.2 Å². The molecule has 2 heterocycles. The van der Waals surface area contributed by atoms with Gasteiger partial charge < -0.3 is 9.32 Å². The first kappa shape index (κ1) is 38.7. The number of allylic oxidation sites excluding steroid dienone is 5. The van der Waals surface area contributed by atoms with Gasteiger partial charge >= 0.3 is 0 Å². The standard InChI is InChI=1S/C62H43NOS/c1-42-16-5-4-14-39-62(47-19-8-3-9-20-47,56-24-15-23-55-52-21-10-12-25-58(52)64-61(55)56)57-40-46(31-37-51(42)57)45-29-34-49(35-30-45)63(48-32-27-44(28-33-48)43-17-6-2-7-18-43)50-36-38-54-53-22-11-13-26-59(53)65-60(54)41-50/h2-38,40-41H,1,39H2/b14-4-,16-5-. The van der Waals surface area contributed by atoms with Gasteiger partial charge in [0.25, 0.3) is 0 Å². The van der Waals surface area contributed by atoms with Crippen molar-refractivity contribution in [3.05, 3.63) is 265 Å². The Balaban J connectivity index is 1.01. The lowest BCUT2D eigenvalue weighted by Crippen LogP contribution is -2.30. The Morgan fingerprint density at radius 1 is 0.462 bits per heavy atom. The van der Waals surface area contributed by atoms with Crippen LogP contribution in [-0.4, -0.2) is 0 Å². The number of hydrogen-bond donors (Lipinski definition) is 0. The van der Waals surface area contributed by atoms with Crippen molar-refractivity contribution >= 4 is 76.1 Å². The number of nitrogens with zero attached hydrogens (tertiary/aromatic N) is 1. The minimum atomic E-state index is -0.612. The minimum absolute atomic E-state index is 0.612. The molecule has 1 aliphatic rings. The maximum atomic E-state index is 6.85. The molecule has 12 rings (SSSR count). The molecule has 0 N–H and O–H groups in total. The highest BCUT2D eigenvalue weighted by Crippen LogP contribution is 2.50. The first-order chi connectivity index (χ1) is 32.1. The van der Waals surface area contributed by atoms with Crippen molar-refractivity contribution in [2.24, 2.45) is 0 Å². The number of benzene rings is 9. The Hall–Kier alpha value is -7.98. The van der Waals surface area contributed by atoms with Crippen LogP contribution in [0.2, 0.25) is 0 Å². The third-order valence-electron chi connectivity index (χ3n) is 13.2. The van der Waals surface area contributed by atoms with Gasteiger partial charge in [0.15, 0.2) is 0 Å². The Morgan fingerprint density at radius 2 is 1.08 bits per heavy atom. The molecule has 308 valence electrons. The Bertz CT molecular complexity index is 3630. The summed E-state index contributed by atoms with van der Waals surface area (Å²) in [6, 6.07) is 77.1. The van der Waals surface area contributed by atoms with E-state index in [0.717, 1.165) is 73.2 Å². The van der Waals surface area contributed by atoms with Gasteiger partial charge in [-0.05, 0) is 106 Å². The highest BCUT2D eigenvalue weighted by Gasteiger charge is 2.40. The van der Waals surface area contributed by atoms with Gasteiger partial charge in [-0.3, -0.25) is 0 Å². The van der Waals surface area contributed by atoms with E-state index < -0.39 is 5.41 Å². The number of thiophene rings is 1. The van der Waals surface area contributed by atoms with Crippen LogP contribution in [0.5, 0.6) is 0 Å². The van der Waals surface area contributed by atoms with E-state index in [2.05, 4.69) is 242 Å². The molecule has 1 aliphatic carbocycles. The fourth-order valence-electron chi connectivity index (χ4n) is 10.1. The van der Waals surface area contributed by atoms with Crippen LogP contribution in [0.4, 0.5) is 17.1 Å². The molecular formula is C62H43NOS. The zero-order valence-corrected chi connectivity index (χ0v) is 36.5. The zero-order chi connectivity index (χ0) is 43.3. The highest BCUT2D eigenvalue weighted by molar-refractivity contribution is 7.25. The summed E-state index contributed by atoms with van der Waals surface area (Å²) in [5.41, 5.74) is 14.8. The predicted octanol–water partition coefficient (Wildman–Crippen LogP) is 17.6. The molecule has 9 aromatic carbocycles. The van der Waals surface area contributed by atoms with E-state index in [4.69, 9.17) is 4.42 Å². The van der Waals surface area contributed by atoms with E-state index in [1.165, 1.54) is 42.4 Å². The number of fused-ring (bicyclic) bond motifs is 7. The van der Waals surface area contributed by atoms with Gasteiger partial charge in [-0.2, -0.15) is 0 Å². The average molecular weight is 850 g/mol. The number of para-hydroxylation sites is 2. The number of rotatable bonds is 7. The van der Waals surface area contributed by atoms with E-state index in [-0.39, 0.29) is 0 Å². The number of furan rings is 1. The van der Waals surface area contributed by atoms with Crippen LogP contribution in [0.25, 0.3) is 69.9 Å². The Morgan fingerprint density at radius 3 is 1.86 bits per heavy atom. The second-order valence-corrected chi connectivity index (χ2v) is 18.0. The maximum absolute atomic E-state index is 6.85. The quantitative estimate of drug-likeness (QED) is 0.159. The van der Waals surface area contributed by atoms with Gasteiger partial charge in [0, 0.05) is 53.6 Å². The smallest absolute Gasteiger partial charge is 0.139 e. The topological polar surface area (TPSA) is 16.4 Å². The van der Waals surface area contributed by atoms with Crippen LogP contribution < -0.4 is 4.90 Å². The Labute approximate surface area is 383 Å². The molecule has 11 aromatic rings. The van der Waals surface area contributed by atoms with Gasteiger partial charge in [-0.15, -0.1) is 11.3 Å². The molecule has 3 heteroatoms. The van der Waals surface area contributed by atoms with E-state index in [9.17, 15) is 0 Å². The summed E-state index contributed by atoms with van der Waals surface area (Å²) < 4.78 is 9.43. The van der Waals surface area contributed by atoms with Gasteiger partial charge in [-0.1, -0.05) is 189 Å². The summed E-state index contributed by atoms with van der Waals surface area (Å²) in [7, 11) is 0. The predicted molar refractivity (Wildman–Crippen MR) is 277 cm³/mol. The van der Waals surface area contributed by atoms with Crippen LogP contribution in [0.15, 0.2) is 248 Å². The lowest BCUT2D eigenvalue weighted by molar-refractivity contribution is 0.600. The molecule has 0 saturated heterocycles. The lowest BCUT2D eigenvalue weighted by atomic mass is 9.65. The first-order valence-electron chi connectivity index (χ1n) is 22.2. The van der Waals surface area contributed by atoms with Crippen molar-refractivity contribution in [2.75, 3.05) is 4.90 Å². The van der Waals surface area contributed by atoms with E-state index in [1.807, 2.05) is 17.4 Å². The normalized spacial score (nSPS) is 16.0. The van der Waals surface area contributed by atoms with Crippen molar-refractivity contribution in [1.82, 2.24) is 0 Å². The van der Waals surface area contributed by atoms with Crippen molar-refractivity contribution in [1.29, 1.82) is 0 Å². The van der Waals surface area contributed by atoms with E-state index >= 15 is 0 Å². The molecule has 0 spiro atoms. The maximum Gasteiger partial charge on any atom is 0.139 e. The van der Waals surface area contributed by atoms with Crippen LogP contribution >= 0.6 is 11.3 Å². The van der Waals surface area contributed by atoms with Gasteiger partial charge in [0.2, 0.25) is 0 Å². The van der Waals surface area contributed by atoms with Crippen molar-refractivity contribution in [3.63, 3.8) is 0 Å². The largest absolute Gasteiger partial charge is 0.456 e. The fraction of sp³-hybridized carbons (Fsp3) is 0.0323. The molecule has 1 atom stereocenters. The van der Waals surface area contributed by atoms with Crippen molar-refractivity contribution in [2.45, 2.75) is 11.8 Å².